The van der Waals surface area contributed by atoms with E-state index in [1.54, 1.807) is 7.11 Å². The first kappa shape index (κ1) is 47.5. The van der Waals surface area contributed by atoms with Gasteiger partial charge in [-0.25, -0.2) is 13.2 Å². The van der Waals surface area contributed by atoms with Crippen LogP contribution in [-0.4, -0.2) is 26.2 Å². The SMILES string of the molecule is CC.CC.CC.CCC.CCCC(CCC)COC(=O)CNPOc1c(F)c(F)c(F)c(F)c1F.COc1ccccc1.[HH]. The summed E-state index contributed by atoms with van der Waals surface area (Å²) in [6, 6.07) is 9.68. The number of rotatable bonds is 12. The molecule has 0 aliphatic rings. The number of carbonyl (C=O) groups is 1. The molecule has 1 N–H and O–H groups in total. The van der Waals surface area contributed by atoms with Crippen molar-refractivity contribution in [2.24, 2.45) is 5.92 Å². The van der Waals surface area contributed by atoms with Crippen molar-refractivity contribution >= 4 is 14.9 Å². The second kappa shape index (κ2) is 34.0. The lowest BCUT2D eigenvalue weighted by atomic mass is 9.99. The van der Waals surface area contributed by atoms with Gasteiger partial charge >= 0.3 is 5.97 Å². The standard InChI is InChI=1S/C16H21F5NO3P.C7H8O.C3H8.3C2H6.H2/c1-3-5-9(6-4-2)8-24-10(23)7-22-26-25-16-14(20)12(18)11(17)13(19)15(16)21;1-8-7-5-3-2-4-6-7;1-3-2;3*1-2;/h9,22,26H,3-8H2,1-2H3;2-6H,1H3;3H2,1-2H3;3*1-2H3;1H. The third-order valence-electron chi connectivity index (χ3n) is 4.48. The van der Waals surface area contributed by atoms with E-state index < -0.39 is 49.8 Å². The summed E-state index contributed by atoms with van der Waals surface area (Å²) >= 11 is 0. The molecule has 2 aromatic rings. The maximum Gasteiger partial charge on any atom is 0.320 e. The minimum atomic E-state index is -2.26. The highest BCUT2D eigenvalue weighted by Crippen LogP contribution is 2.31. The zero-order valence-electron chi connectivity index (χ0n) is 27.9. The predicted octanol–water partition coefficient (Wildman–Crippen LogP) is 11.1. The highest BCUT2D eigenvalue weighted by Gasteiger charge is 2.27. The van der Waals surface area contributed by atoms with Gasteiger partial charge in [-0.05, 0) is 30.9 Å². The van der Waals surface area contributed by atoms with Crippen molar-refractivity contribution in [1.82, 2.24) is 5.09 Å². The number of esters is 1. The van der Waals surface area contributed by atoms with Crippen LogP contribution in [0.3, 0.4) is 0 Å². The third-order valence-corrected chi connectivity index (χ3v) is 5.11. The van der Waals surface area contributed by atoms with E-state index in [4.69, 9.17) is 9.47 Å². The van der Waals surface area contributed by atoms with Crippen LogP contribution in [-0.2, 0) is 9.53 Å². The average Bonchev–Trinajstić information content (AvgIpc) is 3.05. The van der Waals surface area contributed by atoms with E-state index in [9.17, 15) is 26.7 Å². The topological polar surface area (TPSA) is 56.8 Å². The van der Waals surface area contributed by atoms with Crippen molar-refractivity contribution in [2.45, 2.75) is 101 Å². The van der Waals surface area contributed by atoms with Gasteiger partial charge in [0.2, 0.25) is 34.8 Å². The molecule has 0 fully saturated rings. The number of ether oxygens (including phenoxy) is 2. The summed E-state index contributed by atoms with van der Waals surface area (Å²) in [6.07, 6.45) is 5.05. The fourth-order valence-electron chi connectivity index (χ4n) is 2.82. The molecule has 0 heterocycles. The summed E-state index contributed by atoms with van der Waals surface area (Å²) in [5.74, 6) is -11.4. The summed E-state index contributed by atoms with van der Waals surface area (Å²) < 4.78 is 80.2. The number of para-hydroxylation sites is 1. The molecule has 0 spiro atoms. The second-order valence-corrected chi connectivity index (χ2v) is 8.57. The molecule has 2 aromatic carbocycles. The Bertz CT molecular complexity index is 881. The van der Waals surface area contributed by atoms with E-state index >= 15 is 0 Å². The Morgan fingerprint density at radius 3 is 1.58 bits per heavy atom. The summed E-state index contributed by atoms with van der Waals surface area (Å²) in [7, 11) is 0.760. The average molecular weight is 646 g/mol. The van der Waals surface area contributed by atoms with Gasteiger partial charge in [0.1, 0.15) is 14.7 Å². The number of halogens is 5. The Morgan fingerprint density at radius 1 is 0.791 bits per heavy atom. The second-order valence-electron chi connectivity index (χ2n) is 7.81. The minimum Gasteiger partial charge on any atom is -0.497 e. The van der Waals surface area contributed by atoms with Crippen LogP contribution in [0.4, 0.5) is 22.0 Å². The van der Waals surface area contributed by atoms with Gasteiger partial charge in [-0.15, -0.1) is 0 Å². The molecule has 11 heteroatoms. The largest absolute Gasteiger partial charge is 0.497 e. The lowest BCUT2D eigenvalue weighted by Gasteiger charge is -2.15. The van der Waals surface area contributed by atoms with Gasteiger partial charge in [0.05, 0.1) is 20.3 Å². The minimum absolute atomic E-state index is 0. The van der Waals surface area contributed by atoms with E-state index in [1.165, 1.54) is 6.42 Å². The number of hydrogen-bond acceptors (Lipinski definition) is 5. The quantitative estimate of drug-likeness (QED) is 0.0622. The Balaban J connectivity index is -0.000000232. The highest BCUT2D eigenvalue weighted by atomic mass is 31.1. The first-order valence-electron chi connectivity index (χ1n) is 15.1. The molecule has 43 heavy (non-hydrogen) atoms. The first-order chi connectivity index (χ1) is 20.7. The van der Waals surface area contributed by atoms with Crippen LogP contribution in [0, 0.1) is 35.0 Å². The van der Waals surface area contributed by atoms with Crippen LogP contribution in [0.25, 0.3) is 0 Å². The van der Waals surface area contributed by atoms with Gasteiger partial charge in [-0.1, -0.05) is 107 Å². The molecule has 1 unspecified atom stereocenters. The number of nitrogens with one attached hydrogen (secondary N) is 1. The molecule has 0 saturated carbocycles. The summed E-state index contributed by atoms with van der Waals surface area (Å²) in [4.78, 5) is 11.6. The van der Waals surface area contributed by atoms with Crippen LogP contribution >= 0.6 is 8.96 Å². The van der Waals surface area contributed by atoms with Crippen molar-refractivity contribution in [3.8, 4) is 11.5 Å². The van der Waals surface area contributed by atoms with E-state index in [-0.39, 0.29) is 20.5 Å². The monoisotopic (exact) mass is 645 g/mol. The fourth-order valence-corrected chi connectivity index (χ4v) is 3.39. The predicted molar refractivity (Wildman–Crippen MR) is 173 cm³/mol. The van der Waals surface area contributed by atoms with Crippen LogP contribution in [0.1, 0.15) is 103 Å². The third kappa shape index (κ3) is 22.7. The number of benzene rings is 2. The van der Waals surface area contributed by atoms with Crippen LogP contribution < -0.4 is 14.3 Å². The number of hydrogen-bond donors (Lipinski definition) is 1. The van der Waals surface area contributed by atoms with Gasteiger partial charge < -0.3 is 14.0 Å². The normalized spacial score (nSPS) is 9.42. The molecule has 0 aromatic heterocycles. The van der Waals surface area contributed by atoms with Gasteiger partial charge in [0.15, 0.2) is 0 Å². The van der Waals surface area contributed by atoms with Crippen molar-refractivity contribution in [2.75, 3.05) is 20.3 Å². The fraction of sp³-hybridized carbons (Fsp3) is 0.594. The zero-order valence-corrected chi connectivity index (χ0v) is 28.9. The van der Waals surface area contributed by atoms with Crippen LogP contribution in [0.15, 0.2) is 30.3 Å². The molecule has 5 nitrogen and oxygen atoms in total. The Kier molecular flexibility index (Phi) is 37.6. The summed E-state index contributed by atoms with van der Waals surface area (Å²) in [5, 5.41) is 2.39. The Labute approximate surface area is 260 Å². The zero-order chi connectivity index (χ0) is 34.2. The summed E-state index contributed by atoms with van der Waals surface area (Å²) in [5.41, 5.74) is 0. The van der Waals surface area contributed by atoms with Crippen molar-refractivity contribution < 1.29 is 42.2 Å². The van der Waals surface area contributed by atoms with Gasteiger partial charge in [-0.3, -0.25) is 9.88 Å². The molecule has 1 atom stereocenters. The van der Waals surface area contributed by atoms with E-state index in [1.807, 2.05) is 85.7 Å². The molecule has 0 aliphatic carbocycles. The highest BCUT2D eigenvalue weighted by molar-refractivity contribution is 7.30. The molecule has 0 saturated heterocycles. The van der Waals surface area contributed by atoms with Gasteiger partial charge in [0.25, 0.3) is 0 Å². The molecule has 0 aliphatic heterocycles. The molecule has 0 bridgehead atoms. The van der Waals surface area contributed by atoms with E-state index in [0.29, 0.717) is 0 Å². The Hall–Kier alpha value is -2.45. The lowest BCUT2D eigenvalue weighted by molar-refractivity contribution is -0.143. The summed E-state index contributed by atoms with van der Waals surface area (Å²) in [6.45, 7) is 20.3. The van der Waals surface area contributed by atoms with E-state index in [2.05, 4.69) is 23.5 Å². The first-order valence-corrected chi connectivity index (χ1v) is 16.0. The van der Waals surface area contributed by atoms with Crippen molar-refractivity contribution in [1.29, 1.82) is 0 Å². The van der Waals surface area contributed by atoms with Gasteiger partial charge in [-0.2, -0.15) is 8.78 Å². The number of carbonyl (C=O) groups excluding carboxylic acids is 1. The molecule has 254 valence electrons. The van der Waals surface area contributed by atoms with Gasteiger partial charge in [0, 0.05) is 1.43 Å². The molecular formula is C32H57F5NO4P. The van der Waals surface area contributed by atoms with E-state index in [0.717, 1.165) is 31.4 Å². The molecule has 0 radical (unpaired) electrons. The van der Waals surface area contributed by atoms with Crippen molar-refractivity contribution in [3.05, 3.63) is 59.4 Å². The van der Waals surface area contributed by atoms with Crippen LogP contribution in [0.5, 0.6) is 11.5 Å². The molecule has 0 amide bonds. The maximum atomic E-state index is 13.4. The lowest BCUT2D eigenvalue weighted by Crippen LogP contribution is -2.22. The molecular weight excluding hydrogens is 588 g/mol. The smallest absolute Gasteiger partial charge is 0.320 e. The Morgan fingerprint density at radius 2 is 1.21 bits per heavy atom. The molecule has 2 rings (SSSR count). The van der Waals surface area contributed by atoms with Crippen molar-refractivity contribution in [3.63, 3.8) is 0 Å². The van der Waals surface area contributed by atoms with Crippen LogP contribution in [0.2, 0.25) is 0 Å². The maximum absolute atomic E-state index is 13.4. The number of methoxy groups -OCH3 is 1.